The Labute approximate surface area is 223 Å². The van der Waals surface area contributed by atoms with Crippen molar-refractivity contribution in [1.29, 1.82) is 0 Å². The van der Waals surface area contributed by atoms with Crippen LogP contribution in [0.15, 0.2) is 85.1 Å². The third kappa shape index (κ3) is 4.08. The van der Waals surface area contributed by atoms with Crippen molar-refractivity contribution in [3.8, 4) is 11.5 Å². The summed E-state index contributed by atoms with van der Waals surface area (Å²) in [4.78, 5) is 16.4. The first-order chi connectivity index (χ1) is 18.6. The van der Waals surface area contributed by atoms with E-state index < -0.39 is 0 Å². The van der Waals surface area contributed by atoms with Crippen LogP contribution in [-0.2, 0) is 19.4 Å². The molecule has 0 spiro atoms. The fourth-order valence-electron chi connectivity index (χ4n) is 5.91. The average molecular weight is 505 g/mol. The van der Waals surface area contributed by atoms with E-state index in [4.69, 9.17) is 9.47 Å². The quantitative estimate of drug-likeness (QED) is 0.255. The average Bonchev–Trinajstić information content (AvgIpc) is 3.35. The van der Waals surface area contributed by atoms with Crippen molar-refractivity contribution >= 4 is 27.6 Å². The first kappa shape index (κ1) is 24.1. The van der Waals surface area contributed by atoms with Gasteiger partial charge in [0, 0.05) is 30.2 Å². The molecule has 5 nitrogen and oxygen atoms in total. The van der Waals surface area contributed by atoms with Gasteiger partial charge in [-0.05, 0) is 65.4 Å². The molecular weight excluding hydrogens is 472 g/mol. The van der Waals surface area contributed by atoms with Gasteiger partial charge in [-0.1, -0.05) is 60.7 Å². The first-order valence-electron chi connectivity index (χ1n) is 13.2. The van der Waals surface area contributed by atoms with Crippen LogP contribution in [-0.4, -0.2) is 36.1 Å². The summed E-state index contributed by atoms with van der Waals surface area (Å²) < 4.78 is 13.4. The summed E-state index contributed by atoms with van der Waals surface area (Å²) in [6, 6.07) is 27.2. The number of para-hydroxylation sites is 1. The van der Waals surface area contributed by atoms with Crippen LogP contribution in [0, 0.1) is 0 Å². The minimum Gasteiger partial charge on any atom is -0.493 e. The lowest BCUT2D eigenvalue weighted by molar-refractivity contribution is 0.0661. The zero-order chi connectivity index (χ0) is 26.2. The number of amides is 1. The summed E-state index contributed by atoms with van der Waals surface area (Å²) in [6.07, 6.45) is 3.50. The number of carbonyl (C=O) groups is 1. The van der Waals surface area contributed by atoms with Gasteiger partial charge >= 0.3 is 0 Å². The summed E-state index contributed by atoms with van der Waals surface area (Å²) >= 11 is 0. The molecule has 0 aliphatic carbocycles. The molecule has 1 unspecified atom stereocenters. The van der Waals surface area contributed by atoms with Crippen LogP contribution < -0.4 is 9.47 Å². The van der Waals surface area contributed by atoms with E-state index in [9.17, 15) is 4.79 Å². The third-order valence-electron chi connectivity index (χ3n) is 7.87. The molecule has 2 heterocycles. The fourth-order valence-corrected chi connectivity index (χ4v) is 5.91. The lowest BCUT2D eigenvalue weighted by Gasteiger charge is -2.38. The molecule has 1 atom stereocenters. The van der Waals surface area contributed by atoms with Crippen LogP contribution in [0.5, 0.6) is 11.5 Å². The molecule has 38 heavy (non-hydrogen) atoms. The second-order valence-corrected chi connectivity index (χ2v) is 9.90. The predicted octanol–water partition coefficient (Wildman–Crippen LogP) is 6.81. The number of aromatic nitrogens is 1. The highest BCUT2D eigenvalue weighted by molar-refractivity contribution is 6.07. The molecule has 1 amide bonds. The molecule has 0 fully saturated rings. The monoisotopic (exact) mass is 504 g/mol. The van der Waals surface area contributed by atoms with Gasteiger partial charge in [-0.25, -0.2) is 0 Å². The molecule has 0 bridgehead atoms. The smallest absolute Gasteiger partial charge is 0.256 e. The molecular formula is C33H32N2O3. The minimum atomic E-state index is -0.129. The Kier molecular flexibility index (Phi) is 6.28. The zero-order valence-electron chi connectivity index (χ0n) is 22.1. The first-order valence-corrected chi connectivity index (χ1v) is 13.2. The molecule has 1 aliphatic rings. The number of aryl methyl sites for hydroxylation is 1. The number of carbonyl (C=O) groups excluding carboxylic acids is 1. The van der Waals surface area contributed by atoms with E-state index in [-0.39, 0.29) is 11.9 Å². The van der Waals surface area contributed by atoms with Gasteiger partial charge in [-0.15, -0.1) is 0 Å². The molecule has 0 saturated carbocycles. The van der Waals surface area contributed by atoms with Gasteiger partial charge in [0.2, 0.25) is 0 Å². The second-order valence-electron chi connectivity index (χ2n) is 9.90. The second kappa shape index (κ2) is 9.90. The van der Waals surface area contributed by atoms with Crippen molar-refractivity contribution in [2.45, 2.75) is 32.4 Å². The third-order valence-corrected chi connectivity index (χ3v) is 7.87. The van der Waals surface area contributed by atoms with Crippen molar-refractivity contribution in [2.24, 2.45) is 0 Å². The number of hydrogen-bond acceptors (Lipinski definition) is 3. The summed E-state index contributed by atoms with van der Waals surface area (Å²) in [7, 11) is 3.33. The van der Waals surface area contributed by atoms with Crippen LogP contribution in [0.25, 0.3) is 21.7 Å². The van der Waals surface area contributed by atoms with Crippen LogP contribution in [0.4, 0.5) is 0 Å². The highest BCUT2D eigenvalue weighted by atomic mass is 16.5. The molecule has 1 aliphatic heterocycles. The number of rotatable bonds is 6. The Morgan fingerprint density at radius 1 is 0.895 bits per heavy atom. The molecule has 6 rings (SSSR count). The Hall–Kier alpha value is -4.25. The molecule has 4 aromatic carbocycles. The van der Waals surface area contributed by atoms with Gasteiger partial charge in [-0.3, -0.25) is 4.79 Å². The Balaban J connectivity index is 1.46. The van der Waals surface area contributed by atoms with E-state index in [0.717, 1.165) is 40.7 Å². The lowest BCUT2D eigenvalue weighted by Crippen LogP contribution is -2.41. The van der Waals surface area contributed by atoms with Crippen molar-refractivity contribution < 1.29 is 14.3 Å². The molecule has 192 valence electrons. The standard InChI is InChI=1S/C33H32N2O3/c1-4-34-21-28(26-11-7-8-12-29(26)34)33(36)35-16-15-25-19-31(37-2)32(38-3)20-27(25)30(35)18-22-13-14-23-9-5-6-10-24(23)17-22/h5-14,17,19-21,30H,4,15-16,18H2,1-3H3. The van der Waals surface area contributed by atoms with E-state index in [1.807, 2.05) is 18.3 Å². The molecule has 5 aromatic rings. The van der Waals surface area contributed by atoms with Gasteiger partial charge < -0.3 is 18.9 Å². The maximum absolute atomic E-state index is 14.3. The van der Waals surface area contributed by atoms with Crippen molar-refractivity contribution in [3.05, 3.63) is 107 Å². The van der Waals surface area contributed by atoms with Gasteiger partial charge in [-0.2, -0.15) is 0 Å². The van der Waals surface area contributed by atoms with E-state index >= 15 is 0 Å². The number of methoxy groups -OCH3 is 2. The van der Waals surface area contributed by atoms with Crippen LogP contribution in [0.1, 0.15) is 40.0 Å². The molecule has 0 saturated heterocycles. The maximum atomic E-state index is 14.3. The Morgan fingerprint density at radius 2 is 1.63 bits per heavy atom. The van der Waals surface area contributed by atoms with Crippen LogP contribution >= 0.6 is 0 Å². The SMILES string of the molecule is CCn1cc(C(=O)N2CCc3cc(OC)c(OC)cc3C2Cc2ccc3ccccc3c2)c2ccccc21. The van der Waals surface area contributed by atoms with Gasteiger partial charge in [0.1, 0.15) is 0 Å². The molecule has 0 N–H and O–H groups in total. The van der Waals surface area contributed by atoms with Crippen molar-refractivity contribution in [2.75, 3.05) is 20.8 Å². The van der Waals surface area contributed by atoms with Gasteiger partial charge in [0.15, 0.2) is 11.5 Å². The topological polar surface area (TPSA) is 43.7 Å². The molecule has 1 aromatic heterocycles. The summed E-state index contributed by atoms with van der Waals surface area (Å²) in [5.74, 6) is 1.48. The maximum Gasteiger partial charge on any atom is 0.256 e. The molecule has 0 radical (unpaired) electrons. The summed E-state index contributed by atoms with van der Waals surface area (Å²) in [5.41, 5.74) is 5.37. The highest BCUT2D eigenvalue weighted by Crippen LogP contribution is 2.41. The number of benzene rings is 4. The van der Waals surface area contributed by atoms with Gasteiger partial charge in [0.05, 0.1) is 25.8 Å². The van der Waals surface area contributed by atoms with Crippen molar-refractivity contribution in [1.82, 2.24) is 9.47 Å². The van der Waals surface area contributed by atoms with Gasteiger partial charge in [0.25, 0.3) is 5.91 Å². The van der Waals surface area contributed by atoms with Crippen LogP contribution in [0.2, 0.25) is 0 Å². The summed E-state index contributed by atoms with van der Waals surface area (Å²) in [6.45, 7) is 3.57. The lowest BCUT2D eigenvalue weighted by atomic mass is 9.87. The van der Waals surface area contributed by atoms with Crippen LogP contribution in [0.3, 0.4) is 0 Å². The number of hydrogen-bond donors (Lipinski definition) is 0. The van der Waals surface area contributed by atoms with E-state index in [1.165, 1.54) is 21.9 Å². The largest absolute Gasteiger partial charge is 0.493 e. The number of nitrogens with zero attached hydrogens (tertiary/aromatic N) is 2. The fraction of sp³-hybridized carbons (Fsp3) is 0.242. The Morgan fingerprint density at radius 3 is 2.42 bits per heavy atom. The number of fused-ring (bicyclic) bond motifs is 3. The predicted molar refractivity (Wildman–Crippen MR) is 152 cm³/mol. The van der Waals surface area contributed by atoms with Crippen molar-refractivity contribution in [3.63, 3.8) is 0 Å². The number of ether oxygens (including phenoxy) is 2. The Bertz CT molecular complexity index is 1650. The highest BCUT2D eigenvalue weighted by Gasteiger charge is 2.34. The van der Waals surface area contributed by atoms with E-state index in [2.05, 4.69) is 83.1 Å². The minimum absolute atomic E-state index is 0.0691. The summed E-state index contributed by atoms with van der Waals surface area (Å²) in [5, 5.41) is 3.42. The van der Waals surface area contributed by atoms with E-state index in [0.29, 0.717) is 18.7 Å². The van der Waals surface area contributed by atoms with E-state index in [1.54, 1.807) is 14.2 Å². The molecule has 5 heteroatoms. The zero-order valence-corrected chi connectivity index (χ0v) is 22.1. The normalized spacial score (nSPS) is 15.0.